The number of esters is 1. The normalized spacial score (nSPS) is 21.4. The van der Waals surface area contributed by atoms with E-state index in [2.05, 4.69) is 0 Å². The average molecular weight is 306 g/mol. The van der Waals surface area contributed by atoms with Crippen LogP contribution in [0.15, 0.2) is 23.3 Å². The highest BCUT2D eigenvalue weighted by atomic mass is 19.4. The molecule has 8 heteroatoms. The van der Waals surface area contributed by atoms with Gasteiger partial charge in [-0.3, -0.25) is 0 Å². The number of ether oxygens (including phenoxy) is 1. The summed E-state index contributed by atoms with van der Waals surface area (Å²) in [6.45, 7) is 4.79. The Balaban J connectivity index is 3.27. The predicted molar refractivity (Wildman–Crippen MR) is 71.2 cm³/mol. The van der Waals surface area contributed by atoms with Crippen molar-refractivity contribution < 1.29 is 32.8 Å². The molecule has 0 saturated heterocycles. The minimum absolute atomic E-state index is 0.0870. The van der Waals surface area contributed by atoms with Gasteiger partial charge in [0.1, 0.15) is 0 Å². The molecular formula is C13H18BF3O4. The van der Waals surface area contributed by atoms with Gasteiger partial charge in [0, 0.05) is 16.8 Å². The molecule has 0 aromatic heterocycles. The molecule has 1 rings (SSSR count). The fourth-order valence-corrected chi connectivity index (χ4v) is 2.20. The second-order valence-electron chi connectivity index (χ2n) is 5.47. The zero-order valence-electron chi connectivity index (χ0n) is 12.1. The molecule has 4 nitrogen and oxygen atoms in total. The van der Waals surface area contributed by atoms with E-state index >= 15 is 0 Å². The standard InChI is InChI=1S/C13H18BF3O4/c1-4-5-21-11(18)9-6-8(13(15,16)17)7-10(14(19)20)12(9,2)3/h6-7,10,19-20H,4-5H2,1-3H3. The summed E-state index contributed by atoms with van der Waals surface area (Å²) in [5.74, 6) is -2.13. The number of alkyl halides is 3. The van der Waals surface area contributed by atoms with Gasteiger partial charge in [-0.1, -0.05) is 26.8 Å². The zero-order chi connectivity index (χ0) is 16.4. The third kappa shape index (κ3) is 3.88. The number of carbonyl (C=O) groups is 1. The van der Waals surface area contributed by atoms with Gasteiger partial charge < -0.3 is 14.8 Å². The summed E-state index contributed by atoms with van der Waals surface area (Å²) in [5.41, 5.74) is -2.49. The van der Waals surface area contributed by atoms with Gasteiger partial charge in [0.2, 0.25) is 0 Å². The SMILES string of the molecule is CCCOC(=O)C1=CC(C(F)(F)F)=CC(B(O)O)C1(C)C. The van der Waals surface area contributed by atoms with Crippen molar-refractivity contribution >= 4 is 13.1 Å². The Morgan fingerprint density at radius 2 is 2.00 bits per heavy atom. The van der Waals surface area contributed by atoms with Crippen LogP contribution in [-0.4, -0.2) is 35.9 Å². The van der Waals surface area contributed by atoms with Gasteiger partial charge in [0.05, 0.1) is 12.2 Å². The third-order valence-corrected chi connectivity index (χ3v) is 3.49. The lowest BCUT2D eigenvalue weighted by Gasteiger charge is -2.37. The highest BCUT2D eigenvalue weighted by Crippen LogP contribution is 2.48. The lowest BCUT2D eigenvalue weighted by Crippen LogP contribution is -2.38. The molecule has 0 heterocycles. The van der Waals surface area contributed by atoms with Gasteiger partial charge >= 0.3 is 19.3 Å². The molecule has 1 unspecified atom stereocenters. The Kier molecular flexibility index (Phi) is 5.27. The first-order valence-electron chi connectivity index (χ1n) is 6.56. The van der Waals surface area contributed by atoms with Crippen LogP contribution in [0.5, 0.6) is 0 Å². The van der Waals surface area contributed by atoms with Crippen LogP contribution in [0, 0.1) is 5.41 Å². The van der Waals surface area contributed by atoms with Gasteiger partial charge in [0.25, 0.3) is 0 Å². The lowest BCUT2D eigenvalue weighted by atomic mass is 9.54. The molecule has 0 radical (unpaired) electrons. The van der Waals surface area contributed by atoms with Crippen molar-refractivity contribution in [1.29, 1.82) is 0 Å². The second-order valence-corrected chi connectivity index (χ2v) is 5.47. The number of allylic oxidation sites excluding steroid dienone is 3. The summed E-state index contributed by atoms with van der Waals surface area (Å²) in [5, 5.41) is 18.7. The Hall–Kier alpha value is -1.28. The van der Waals surface area contributed by atoms with E-state index in [1.165, 1.54) is 13.8 Å². The van der Waals surface area contributed by atoms with Crippen molar-refractivity contribution in [2.45, 2.75) is 39.2 Å². The molecule has 0 aromatic rings. The highest BCUT2D eigenvalue weighted by Gasteiger charge is 2.48. The topological polar surface area (TPSA) is 66.8 Å². The molecule has 1 atom stereocenters. The maximum absolute atomic E-state index is 12.9. The van der Waals surface area contributed by atoms with Crippen LogP contribution >= 0.6 is 0 Å². The number of rotatable bonds is 4. The first kappa shape index (κ1) is 17.8. The van der Waals surface area contributed by atoms with Gasteiger partial charge in [-0.15, -0.1) is 0 Å². The van der Waals surface area contributed by atoms with Crippen LogP contribution in [0.2, 0.25) is 5.82 Å². The summed E-state index contributed by atoms with van der Waals surface area (Å²) in [6, 6.07) is 0. The minimum atomic E-state index is -4.68. The number of hydrogen-bond donors (Lipinski definition) is 2. The van der Waals surface area contributed by atoms with E-state index in [0.29, 0.717) is 6.42 Å². The summed E-state index contributed by atoms with van der Waals surface area (Å²) in [4.78, 5) is 12.0. The molecule has 0 spiro atoms. The van der Waals surface area contributed by atoms with Crippen LogP contribution in [0.4, 0.5) is 13.2 Å². The lowest BCUT2D eigenvalue weighted by molar-refractivity contribution is -0.140. The zero-order valence-corrected chi connectivity index (χ0v) is 12.1. The van der Waals surface area contributed by atoms with Crippen molar-refractivity contribution in [3.8, 4) is 0 Å². The molecule has 1 aliphatic rings. The van der Waals surface area contributed by atoms with E-state index in [1.807, 2.05) is 0 Å². The molecule has 1 aliphatic carbocycles. The molecule has 118 valence electrons. The number of carbonyl (C=O) groups excluding carboxylic acids is 1. The van der Waals surface area contributed by atoms with Crippen molar-refractivity contribution in [1.82, 2.24) is 0 Å². The highest BCUT2D eigenvalue weighted by molar-refractivity contribution is 6.44. The molecule has 0 saturated carbocycles. The first-order chi connectivity index (χ1) is 9.51. The summed E-state index contributed by atoms with van der Waals surface area (Å²) < 4.78 is 43.6. The number of halogens is 3. The first-order valence-corrected chi connectivity index (χ1v) is 6.56. The monoisotopic (exact) mass is 306 g/mol. The number of hydrogen-bond acceptors (Lipinski definition) is 4. The Labute approximate surface area is 121 Å². The summed E-state index contributed by atoms with van der Waals surface area (Å²) in [7, 11) is -2.01. The fraction of sp³-hybridized carbons (Fsp3) is 0.615. The molecule has 2 N–H and O–H groups in total. The van der Waals surface area contributed by atoms with Crippen LogP contribution < -0.4 is 0 Å². The summed E-state index contributed by atoms with van der Waals surface area (Å²) in [6.07, 6.45) is -2.69. The Morgan fingerprint density at radius 1 is 1.43 bits per heavy atom. The van der Waals surface area contributed by atoms with Crippen molar-refractivity contribution in [2.75, 3.05) is 6.61 Å². The van der Waals surface area contributed by atoms with Crippen LogP contribution in [0.1, 0.15) is 27.2 Å². The molecular weight excluding hydrogens is 288 g/mol. The average Bonchev–Trinajstić information content (AvgIpc) is 2.33. The van der Waals surface area contributed by atoms with Crippen molar-refractivity contribution in [3.63, 3.8) is 0 Å². The van der Waals surface area contributed by atoms with E-state index in [9.17, 15) is 28.0 Å². The van der Waals surface area contributed by atoms with Crippen LogP contribution in [0.3, 0.4) is 0 Å². The van der Waals surface area contributed by atoms with Crippen LogP contribution in [-0.2, 0) is 9.53 Å². The largest absolute Gasteiger partial charge is 0.462 e. The van der Waals surface area contributed by atoms with Gasteiger partial charge in [-0.05, 0) is 12.5 Å². The van der Waals surface area contributed by atoms with E-state index in [4.69, 9.17) is 4.74 Å². The molecule has 0 amide bonds. The maximum atomic E-state index is 12.9. The molecule has 0 aliphatic heterocycles. The van der Waals surface area contributed by atoms with Crippen LogP contribution in [0.25, 0.3) is 0 Å². The van der Waals surface area contributed by atoms with Gasteiger partial charge in [0.15, 0.2) is 0 Å². The second kappa shape index (κ2) is 6.23. The van der Waals surface area contributed by atoms with E-state index in [1.54, 1.807) is 6.92 Å². The molecule has 0 fully saturated rings. The molecule has 0 bridgehead atoms. The minimum Gasteiger partial charge on any atom is -0.462 e. The fourth-order valence-electron chi connectivity index (χ4n) is 2.20. The van der Waals surface area contributed by atoms with Gasteiger partial charge in [-0.2, -0.15) is 13.2 Å². The quantitative estimate of drug-likeness (QED) is 0.617. The molecule has 21 heavy (non-hydrogen) atoms. The van der Waals surface area contributed by atoms with Crippen molar-refractivity contribution in [2.24, 2.45) is 5.41 Å². The smallest absolute Gasteiger partial charge is 0.459 e. The predicted octanol–water partition coefficient (Wildman–Crippen LogP) is 2.24. The van der Waals surface area contributed by atoms with Crippen molar-refractivity contribution in [3.05, 3.63) is 23.3 Å². The Bertz CT molecular complexity index is 467. The van der Waals surface area contributed by atoms with E-state index < -0.39 is 36.1 Å². The van der Waals surface area contributed by atoms with E-state index in [-0.39, 0.29) is 12.2 Å². The summed E-state index contributed by atoms with van der Waals surface area (Å²) >= 11 is 0. The third-order valence-electron chi connectivity index (χ3n) is 3.49. The maximum Gasteiger partial charge on any atom is 0.459 e. The van der Waals surface area contributed by atoms with E-state index in [0.717, 1.165) is 12.2 Å². The Morgan fingerprint density at radius 3 is 2.43 bits per heavy atom. The molecule has 0 aromatic carbocycles. The van der Waals surface area contributed by atoms with Gasteiger partial charge in [-0.25, -0.2) is 4.79 Å².